The third kappa shape index (κ3) is 5.28. The molecule has 25 heavy (non-hydrogen) atoms. The van der Waals surface area contributed by atoms with Crippen molar-refractivity contribution in [1.29, 1.82) is 0 Å². The summed E-state index contributed by atoms with van der Waals surface area (Å²) in [5.74, 6) is 2.70. The van der Waals surface area contributed by atoms with E-state index in [4.69, 9.17) is 9.47 Å². The SMILES string of the molecule is CCC(C)NC(=O)N(C)CCC(c1ccc(OC)c(OC)c1)C1CC1. The zero-order chi connectivity index (χ0) is 18.4. The smallest absolute Gasteiger partial charge is 0.317 e. The van der Waals surface area contributed by atoms with Crippen LogP contribution in [0.2, 0.25) is 0 Å². The van der Waals surface area contributed by atoms with Crippen LogP contribution in [0.4, 0.5) is 4.79 Å². The number of hydrogen-bond acceptors (Lipinski definition) is 3. The van der Waals surface area contributed by atoms with E-state index in [1.54, 1.807) is 19.1 Å². The molecule has 2 rings (SSSR count). The second kappa shape index (κ2) is 8.97. The summed E-state index contributed by atoms with van der Waals surface area (Å²) < 4.78 is 10.8. The van der Waals surface area contributed by atoms with Crippen molar-refractivity contribution in [2.24, 2.45) is 5.92 Å². The van der Waals surface area contributed by atoms with Crippen LogP contribution in [0, 0.1) is 5.92 Å². The summed E-state index contributed by atoms with van der Waals surface area (Å²) in [5.41, 5.74) is 1.27. The van der Waals surface area contributed by atoms with E-state index in [0.717, 1.165) is 30.9 Å². The molecule has 0 radical (unpaired) electrons. The van der Waals surface area contributed by atoms with Crippen molar-refractivity contribution < 1.29 is 14.3 Å². The molecule has 1 N–H and O–H groups in total. The highest BCUT2D eigenvalue weighted by Gasteiger charge is 2.33. The lowest BCUT2D eigenvalue weighted by molar-refractivity contribution is 0.203. The first-order chi connectivity index (χ1) is 12.0. The van der Waals surface area contributed by atoms with Crippen LogP contribution < -0.4 is 14.8 Å². The number of methoxy groups -OCH3 is 2. The topological polar surface area (TPSA) is 50.8 Å². The number of rotatable bonds is 9. The van der Waals surface area contributed by atoms with Gasteiger partial charge in [0, 0.05) is 19.6 Å². The number of ether oxygens (including phenoxy) is 2. The summed E-state index contributed by atoms with van der Waals surface area (Å²) in [5, 5.41) is 3.02. The molecule has 0 bridgehead atoms. The van der Waals surface area contributed by atoms with E-state index < -0.39 is 0 Å². The minimum absolute atomic E-state index is 0.0104. The van der Waals surface area contributed by atoms with Crippen molar-refractivity contribution in [3.8, 4) is 11.5 Å². The van der Waals surface area contributed by atoms with Gasteiger partial charge < -0.3 is 19.7 Å². The van der Waals surface area contributed by atoms with Crippen LogP contribution in [0.3, 0.4) is 0 Å². The van der Waals surface area contributed by atoms with Gasteiger partial charge in [0.1, 0.15) is 0 Å². The Kier molecular flexibility index (Phi) is 6.97. The molecule has 0 aliphatic heterocycles. The molecule has 2 atom stereocenters. The largest absolute Gasteiger partial charge is 0.493 e. The summed E-state index contributed by atoms with van der Waals surface area (Å²) in [4.78, 5) is 14.0. The number of amides is 2. The maximum absolute atomic E-state index is 12.2. The number of carbonyl (C=O) groups excluding carboxylic acids is 1. The molecule has 0 saturated heterocycles. The second-order valence-corrected chi connectivity index (χ2v) is 7.03. The zero-order valence-electron chi connectivity index (χ0n) is 16.2. The third-order valence-electron chi connectivity index (χ3n) is 5.13. The van der Waals surface area contributed by atoms with Crippen LogP contribution in [0.25, 0.3) is 0 Å². The van der Waals surface area contributed by atoms with Crippen molar-refractivity contribution in [3.63, 3.8) is 0 Å². The summed E-state index contributed by atoms with van der Waals surface area (Å²) in [7, 11) is 5.19. The molecule has 1 saturated carbocycles. The lowest BCUT2D eigenvalue weighted by atomic mass is 9.90. The number of nitrogens with zero attached hydrogens (tertiary/aromatic N) is 1. The van der Waals surface area contributed by atoms with E-state index in [9.17, 15) is 4.79 Å². The van der Waals surface area contributed by atoms with Crippen molar-refractivity contribution in [2.45, 2.75) is 51.5 Å². The highest BCUT2D eigenvalue weighted by molar-refractivity contribution is 5.74. The standard InChI is InChI=1S/C20H32N2O3/c1-6-14(2)21-20(23)22(3)12-11-17(15-7-8-15)16-9-10-18(24-4)19(13-16)25-5/h9-10,13-15,17H,6-8,11-12H2,1-5H3,(H,21,23). The Bertz CT molecular complexity index is 572. The predicted molar refractivity (Wildman–Crippen MR) is 101 cm³/mol. The van der Waals surface area contributed by atoms with Crippen LogP contribution in [-0.4, -0.2) is 44.8 Å². The lowest BCUT2D eigenvalue weighted by Crippen LogP contribution is -2.42. The molecule has 1 aliphatic carbocycles. The maximum Gasteiger partial charge on any atom is 0.317 e. The molecule has 1 fully saturated rings. The quantitative estimate of drug-likeness (QED) is 0.733. The highest BCUT2D eigenvalue weighted by Crippen LogP contribution is 2.46. The molecular weight excluding hydrogens is 316 g/mol. The van der Waals surface area contributed by atoms with Crippen molar-refractivity contribution in [1.82, 2.24) is 10.2 Å². The van der Waals surface area contributed by atoms with E-state index >= 15 is 0 Å². The maximum atomic E-state index is 12.2. The Hall–Kier alpha value is -1.91. The summed E-state index contributed by atoms with van der Waals surface area (Å²) >= 11 is 0. The van der Waals surface area contributed by atoms with Crippen LogP contribution in [0.1, 0.15) is 51.0 Å². The van der Waals surface area contributed by atoms with E-state index in [-0.39, 0.29) is 12.1 Å². The third-order valence-corrected chi connectivity index (χ3v) is 5.13. The van der Waals surface area contributed by atoms with Gasteiger partial charge in [0.15, 0.2) is 11.5 Å². The zero-order valence-corrected chi connectivity index (χ0v) is 16.2. The van der Waals surface area contributed by atoms with Crippen molar-refractivity contribution >= 4 is 6.03 Å². The van der Waals surface area contributed by atoms with E-state index in [1.165, 1.54) is 18.4 Å². The number of benzene rings is 1. The number of urea groups is 1. The number of carbonyl (C=O) groups is 1. The fraction of sp³-hybridized carbons (Fsp3) is 0.650. The van der Waals surface area contributed by atoms with Gasteiger partial charge in [-0.1, -0.05) is 13.0 Å². The van der Waals surface area contributed by atoms with Crippen LogP contribution in [0.15, 0.2) is 18.2 Å². The lowest BCUT2D eigenvalue weighted by Gasteiger charge is -2.24. The molecule has 2 unspecified atom stereocenters. The summed E-state index contributed by atoms with van der Waals surface area (Å²) in [6.07, 6.45) is 4.43. The Balaban J connectivity index is 2.01. The number of hydrogen-bond donors (Lipinski definition) is 1. The van der Waals surface area contributed by atoms with Gasteiger partial charge in [-0.3, -0.25) is 0 Å². The monoisotopic (exact) mass is 348 g/mol. The van der Waals surface area contributed by atoms with E-state index in [1.807, 2.05) is 20.0 Å². The van der Waals surface area contributed by atoms with Crippen molar-refractivity contribution in [3.05, 3.63) is 23.8 Å². The van der Waals surface area contributed by atoms with Gasteiger partial charge >= 0.3 is 6.03 Å². The molecule has 0 spiro atoms. The molecule has 0 aromatic heterocycles. The Morgan fingerprint density at radius 2 is 1.96 bits per heavy atom. The van der Waals surface area contributed by atoms with Gasteiger partial charge in [0.25, 0.3) is 0 Å². The Morgan fingerprint density at radius 3 is 2.52 bits per heavy atom. The van der Waals surface area contributed by atoms with Crippen LogP contribution >= 0.6 is 0 Å². The second-order valence-electron chi connectivity index (χ2n) is 7.03. The van der Waals surface area contributed by atoms with Gasteiger partial charge in [0.2, 0.25) is 0 Å². The number of nitrogens with one attached hydrogen (secondary N) is 1. The van der Waals surface area contributed by atoms with Gasteiger partial charge in [-0.05, 0) is 62.1 Å². The molecule has 140 valence electrons. The fourth-order valence-electron chi connectivity index (χ4n) is 3.11. The average Bonchev–Trinajstić information content (AvgIpc) is 3.46. The first-order valence-electron chi connectivity index (χ1n) is 9.23. The predicted octanol–water partition coefficient (Wildman–Crippen LogP) is 4.03. The first kappa shape index (κ1) is 19.4. The molecule has 2 amide bonds. The molecule has 1 aliphatic rings. The van der Waals surface area contributed by atoms with Crippen LogP contribution in [0.5, 0.6) is 11.5 Å². The molecule has 1 aromatic carbocycles. The van der Waals surface area contributed by atoms with Gasteiger partial charge in [0.05, 0.1) is 14.2 Å². The summed E-state index contributed by atoms with van der Waals surface area (Å²) in [6.45, 7) is 4.85. The first-order valence-corrected chi connectivity index (χ1v) is 9.23. The van der Waals surface area contributed by atoms with Crippen molar-refractivity contribution in [2.75, 3.05) is 27.8 Å². The Labute approximate surface area is 151 Å². The van der Waals surface area contributed by atoms with Gasteiger partial charge in [-0.15, -0.1) is 0 Å². The molecule has 0 heterocycles. The normalized spacial score (nSPS) is 16.0. The minimum atomic E-state index is 0.0104. The molecule has 5 heteroatoms. The van der Waals surface area contributed by atoms with E-state index in [2.05, 4.69) is 24.4 Å². The van der Waals surface area contributed by atoms with E-state index in [0.29, 0.717) is 11.8 Å². The minimum Gasteiger partial charge on any atom is -0.493 e. The van der Waals surface area contributed by atoms with Crippen LogP contribution in [-0.2, 0) is 0 Å². The fourth-order valence-corrected chi connectivity index (χ4v) is 3.11. The Morgan fingerprint density at radius 1 is 1.28 bits per heavy atom. The average molecular weight is 348 g/mol. The van der Waals surface area contributed by atoms with Gasteiger partial charge in [-0.2, -0.15) is 0 Å². The summed E-state index contributed by atoms with van der Waals surface area (Å²) in [6, 6.07) is 6.41. The molecule has 1 aromatic rings. The molecule has 5 nitrogen and oxygen atoms in total. The molecular formula is C20H32N2O3. The highest BCUT2D eigenvalue weighted by atomic mass is 16.5. The van der Waals surface area contributed by atoms with Gasteiger partial charge in [-0.25, -0.2) is 4.79 Å².